The van der Waals surface area contributed by atoms with Crippen LogP contribution in [0.5, 0.6) is 0 Å². The summed E-state index contributed by atoms with van der Waals surface area (Å²) in [6, 6.07) is 0.375. The fourth-order valence-corrected chi connectivity index (χ4v) is 4.38. The lowest BCUT2D eigenvalue weighted by Gasteiger charge is -2.17. The highest BCUT2D eigenvalue weighted by Crippen LogP contribution is 2.39. The van der Waals surface area contributed by atoms with Gasteiger partial charge in [-0.25, -0.2) is 0 Å². The molecule has 3 unspecified atom stereocenters. The van der Waals surface area contributed by atoms with Crippen LogP contribution in [0.1, 0.15) is 32.1 Å². The van der Waals surface area contributed by atoms with Gasteiger partial charge < -0.3 is 16.4 Å². The first-order valence-corrected chi connectivity index (χ1v) is 7.63. The minimum atomic E-state index is 0.0311. The van der Waals surface area contributed by atoms with E-state index in [-0.39, 0.29) is 18.5 Å². The van der Waals surface area contributed by atoms with E-state index in [0.29, 0.717) is 30.1 Å². The second-order valence-electron chi connectivity index (χ2n) is 4.98. The second-order valence-corrected chi connectivity index (χ2v) is 6.25. The van der Waals surface area contributed by atoms with Crippen LogP contribution < -0.4 is 16.4 Å². The molecule has 0 aromatic heterocycles. The van der Waals surface area contributed by atoms with Crippen LogP contribution >= 0.6 is 11.8 Å². The van der Waals surface area contributed by atoms with E-state index in [9.17, 15) is 9.59 Å². The van der Waals surface area contributed by atoms with Crippen molar-refractivity contribution in [2.24, 2.45) is 11.7 Å². The average molecular weight is 271 g/mol. The number of hydrogen-bond donors (Lipinski definition) is 3. The number of amides is 2. The summed E-state index contributed by atoms with van der Waals surface area (Å²) in [7, 11) is 0. The predicted octanol–water partition coefficient (Wildman–Crippen LogP) is 0.199. The highest BCUT2D eigenvalue weighted by atomic mass is 32.2. The highest BCUT2D eigenvalue weighted by Gasteiger charge is 2.42. The average Bonchev–Trinajstić information content (AvgIpc) is 2.85. The molecule has 2 rings (SSSR count). The van der Waals surface area contributed by atoms with Crippen molar-refractivity contribution in [3.05, 3.63) is 0 Å². The molecule has 0 bridgehead atoms. The van der Waals surface area contributed by atoms with Crippen molar-refractivity contribution < 1.29 is 9.59 Å². The van der Waals surface area contributed by atoms with Gasteiger partial charge in [-0.1, -0.05) is 6.42 Å². The highest BCUT2D eigenvalue weighted by molar-refractivity contribution is 8.00. The summed E-state index contributed by atoms with van der Waals surface area (Å²) in [5, 5.41) is 6.21. The van der Waals surface area contributed by atoms with Crippen LogP contribution in [0.3, 0.4) is 0 Å². The molecule has 2 fully saturated rings. The normalized spacial score (nSPS) is 30.1. The summed E-state index contributed by atoms with van der Waals surface area (Å²) in [6.45, 7) is 0.215. The molecule has 5 nitrogen and oxygen atoms in total. The maximum atomic E-state index is 11.3. The van der Waals surface area contributed by atoms with Gasteiger partial charge in [-0.3, -0.25) is 9.59 Å². The zero-order chi connectivity index (χ0) is 13.0. The first-order chi connectivity index (χ1) is 8.70. The fourth-order valence-electron chi connectivity index (χ4n) is 2.73. The van der Waals surface area contributed by atoms with Gasteiger partial charge in [0, 0.05) is 24.1 Å². The molecule has 0 aliphatic carbocycles. The predicted molar refractivity (Wildman–Crippen MR) is 71.9 cm³/mol. The van der Waals surface area contributed by atoms with Crippen molar-refractivity contribution in [3.63, 3.8) is 0 Å². The quantitative estimate of drug-likeness (QED) is 0.476. The number of rotatable bonds is 6. The minimum absolute atomic E-state index is 0.0311. The lowest BCUT2D eigenvalue weighted by molar-refractivity contribution is -0.121. The van der Waals surface area contributed by atoms with E-state index in [2.05, 4.69) is 10.6 Å². The third kappa shape index (κ3) is 3.38. The lowest BCUT2D eigenvalue weighted by Crippen LogP contribution is -2.34. The number of carbonyl (C=O) groups excluding carboxylic acids is 2. The summed E-state index contributed by atoms with van der Waals surface area (Å²) >= 11 is 1.97. The zero-order valence-electron chi connectivity index (χ0n) is 10.5. The maximum Gasteiger partial charge on any atom is 0.220 e. The Labute approximate surface area is 112 Å². The van der Waals surface area contributed by atoms with Gasteiger partial charge in [-0.2, -0.15) is 11.8 Å². The van der Waals surface area contributed by atoms with Crippen molar-refractivity contribution >= 4 is 23.6 Å². The smallest absolute Gasteiger partial charge is 0.220 e. The Hall–Kier alpha value is -0.750. The van der Waals surface area contributed by atoms with E-state index in [1.165, 1.54) is 0 Å². The standard InChI is InChI=1S/C12H21N3O2S/c13-7-14-10(16)4-2-1-3-9-12-8(6-18-9)5-11(17)15-12/h8-9,12H,1-7,13H2,(H,14,16)(H,15,17). The van der Waals surface area contributed by atoms with Crippen LogP contribution in [0.2, 0.25) is 0 Å². The molecule has 2 aliphatic heterocycles. The van der Waals surface area contributed by atoms with Gasteiger partial charge in [-0.05, 0) is 24.5 Å². The minimum Gasteiger partial charge on any atom is -0.352 e. The number of thioether (sulfide) groups is 1. The van der Waals surface area contributed by atoms with E-state index >= 15 is 0 Å². The van der Waals surface area contributed by atoms with Crippen molar-refractivity contribution in [1.82, 2.24) is 10.6 Å². The fraction of sp³-hybridized carbons (Fsp3) is 0.833. The Balaban J connectivity index is 1.62. The Bertz CT molecular complexity index is 324. The molecule has 2 heterocycles. The van der Waals surface area contributed by atoms with Gasteiger partial charge >= 0.3 is 0 Å². The number of carbonyl (C=O) groups is 2. The largest absolute Gasteiger partial charge is 0.352 e. The molecule has 2 aliphatic rings. The number of nitrogens with one attached hydrogen (secondary N) is 2. The molecule has 0 spiro atoms. The van der Waals surface area contributed by atoms with Crippen molar-refractivity contribution in [3.8, 4) is 0 Å². The van der Waals surface area contributed by atoms with Gasteiger partial charge in [0.2, 0.25) is 11.8 Å². The van der Waals surface area contributed by atoms with E-state index in [0.717, 1.165) is 25.0 Å². The number of unbranched alkanes of at least 4 members (excludes halogenated alkanes) is 1. The molecule has 4 N–H and O–H groups in total. The zero-order valence-corrected chi connectivity index (χ0v) is 11.3. The van der Waals surface area contributed by atoms with E-state index < -0.39 is 0 Å². The summed E-state index contributed by atoms with van der Waals surface area (Å²) in [6.07, 6.45) is 4.27. The molecular formula is C12H21N3O2S. The molecular weight excluding hydrogens is 250 g/mol. The second kappa shape index (κ2) is 6.43. The molecule has 0 aromatic carbocycles. The van der Waals surface area contributed by atoms with Crippen LogP contribution in [-0.2, 0) is 9.59 Å². The van der Waals surface area contributed by atoms with E-state index in [1.807, 2.05) is 11.8 Å². The third-order valence-electron chi connectivity index (χ3n) is 3.65. The molecule has 0 saturated carbocycles. The Morgan fingerprint density at radius 3 is 3.11 bits per heavy atom. The van der Waals surface area contributed by atoms with Crippen LogP contribution in [0.4, 0.5) is 0 Å². The third-order valence-corrected chi connectivity index (χ3v) is 5.23. The number of fused-ring (bicyclic) bond motifs is 1. The van der Waals surface area contributed by atoms with Crippen LogP contribution in [-0.4, -0.2) is 35.5 Å². The topological polar surface area (TPSA) is 84.2 Å². The summed E-state index contributed by atoms with van der Waals surface area (Å²) in [5.41, 5.74) is 5.23. The molecule has 6 heteroatoms. The van der Waals surface area contributed by atoms with Crippen molar-refractivity contribution in [2.75, 3.05) is 12.4 Å². The van der Waals surface area contributed by atoms with Crippen LogP contribution in [0, 0.1) is 5.92 Å². The lowest BCUT2D eigenvalue weighted by atomic mass is 9.97. The molecule has 102 valence electrons. The number of hydrogen-bond acceptors (Lipinski definition) is 4. The monoisotopic (exact) mass is 271 g/mol. The van der Waals surface area contributed by atoms with Crippen LogP contribution in [0.15, 0.2) is 0 Å². The van der Waals surface area contributed by atoms with Gasteiger partial charge in [0.15, 0.2) is 0 Å². The molecule has 18 heavy (non-hydrogen) atoms. The van der Waals surface area contributed by atoms with Gasteiger partial charge in [0.05, 0.1) is 6.67 Å². The summed E-state index contributed by atoms with van der Waals surface area (Å²) in [4.78, 5) is 22.5. The van der Waals surface area contributed by atoms with E-state index in [4.69, 9.17) is 5.73 Å². The summed E-state index contributed by atoms with van der Waals surface area (Å²) in [5.74, 6) is 1.87. The van der Waals surface area contributed by atoms with Gasteiger partial charge in [0.1, 0.15) is 0 Å². The Morgan fingerprint density at radius 1 is 1.50 bits per heavy atom. The van der Waals surface area contributed by atoms with Crippen LogP contribution in [0.25, 0.3) is 0 Å². The maximum absolute atomic E-state index is 11.3. The molecule has 0 radical (unpaired) electrons. The summed E-state index contributed by atoms with van der Waals surface area (Å²) < 4.78 is 0. The Kier molecular flexibility index (Phi) is 4.88. The first kappa shape index (κ1) is 13.7. The van der Waals surface area contributed by atoms with Crippen molar-refractivity contribution in [2.45, 2.75) is 43.4 Å². The Morgan fingerprint density at radius 2 is 2.33 bits per heavy atom. The number of nitrogens with two attached hydrogens (primary N) is 1. The molecule has 0 aromatic rings. The molecule has 3 atom stereocenters. The van der Waals surface area contributed by atoms with Gasteiger partial charge in [0.25, 0.3) is 0 Å². The molecule has 2 amide bonds. The van der Waals surface area contributed by atoms with E-state index in [1.54, 1.807) is 0 Å². The first-order valence-electron chi connectivity index (χ1n) is 6.58. The molecule has 2 saturated heterocycles. The SMILES string of the molecule is NCNC(=O)CCCCC1SCC2CC(=O)NC21. The van der Waals surface area contributed by atoms with Crippen molar-refractivity contribution in [1.29, 1.82) is 0 Å². The van der Waals surface area contributed by atoms with Gasteiger partial charge in [-0.15, -0.1) is 0 Å².